The van der Waals surface area contributed by atoms with Gasteiger partial charge in [-0.25, -0.2) is 9.78 Å². The number of hydrogen-bond acceptors (Lipinski definition) is 4. The molecule has 2 aromatic heterocycles. The number of hydrogen-bond donors (Lipinski definition) is 0. The van der Waals surface area contributed by atoms with Crippen molar-refractivity contribution in [3.63, 3.8) is 0 Å². The van der Waals surface area contributed by atoms with E-state index < -0.39 is 5.76 Å². The van der Waals surface area contributed by atoms with Crippen LogP contribution < -0.4 is 5.76 Å². The highest BCUT2D eigenvalue weighted by molar-refractivity contribution is 5.79. The number of nitrogens with zero attached hydrogens (tertiary/aromatic N) is 4. The van der Waals surface area contributed by atoms with Gasteiger partial charge in [-0.3, -0.25) is 9.36 Å². The largest absolute Gasteiger partial charge is 0.420 e. The number of fused-ring (bicyclic) bond motifs is 1. The van der Waals surface area contributed by atoms with E-state index in [2.05, 4.69) is 16.5 Å². The quantitative estimate of drug-likeness (QED) is 0.657. The summed E-state index contributed by atoms with van der Waals surface area (Å²) in [6.45, 7) is 4.51. The van der Waals surface area contributed by atoms with Crippen LogP contribution in [0.2, 0.25) is 0 Å². The van der Waals surface area contributed by atoms with Gasteiger partial charge in [-0.2, -0.15) is 0 Å². The van der Waals surface area contributed by atoms with Gasteiger partial charge in [0.15, 0.2) is 5.58 Å². The van der Waals surface area contributed by atoms with Crippen LogP contribution in [0.1, 0.15) is 44.3 Å². The molecule has 1 aliphatic rings. The Morgan fingerprint density at radius 2 is 2.18 bits per heavy atom. The van der Waals surface area contributed by atoms with Gasteiger partial charge in [-0.15, -0.1) is 0 Å². The number of unbranched alkanes of at least 4 members (excludes halogenated alkanes) is 1. The number of para-hydroxylation sites is 2. The van der Waals surface area contributed by atoms with Crippen molar-refractivity contribution in [2.75, 3.05) is 13.1 Å². The van der Waals surface area contributed by atoms with Gasteiger partial charge in [0, 0.05) is 37.9 Å². The zero-order valence-corrected chi connectivity index (χ0v) is 16.2. The Morgan fingerprint density at radius 3 is 3.04 bits per heavy atom. The Bertz CT molecular complexity index is 1020. The number of likely N-dealkylation sites (tertiary alicyclic amines) is 1. The van der Waals surface area contributed by atoms with Gasteiger partial charge in [0.2, 0.25) is 5.91 Å². The molecule has 7 heteroatoms. The summed E-state index contributed by atoms with van der Waals surface area (Å²) in [6.07, 6.45) is 8.11. The summed E-state index contributed by atoms with van der Waals surface area (Å²) < 4.78 is 8.88. The summed E-state index contributed by atoms with van der Waals surface area (Å²) in [6, 6.07) is 7.19. The first-order valence-corrected chi connectivity index (χ1v) is 10.0. The minimum Gasteiger partial charge on any atom is -0.408 e. The number of carbonyl (C=O) groups excluding carboxylic acids is 1. The molecule has 1 unspecified atom stereocenters. The van der Waals surface area contributed by atoms with Crippen LogP contribution in [0.4, 0.5) is 0 Å². The number of oxazole rings is 1. The van der Waals surface area contributed by atoms with Crippen molar-refractivity contribution in [1.82, 2.24) is 19.0 Å². The Morgan fingerprint density at radius 1 is 1.32 bits per heavy atom. The van der Waals surface area contributed by atoms with Crippen molar-refractivity contribution < 1.29 is 9.21 Å². The molecule has 1 fully saturated rings. The molecule has 148 valence electrons. The predicted molar refractivity (Wildman–Crippen MR) is 106 cm³/mol. The van der Waals surface area contributed by atoms with Crippen molar-refractivity contribution in [2.24, 2.45) is 0 Å². The van der Waals surface area contributed by atoms with Crippen LogP contribution >= 0.6 is 0 Å². The Balaban J connectivity index is 1.49. The summed E-state index contributed by atoms with van der Waals surface area (Å²) in [4.78, 5) is 31.5. The predicted octanol–water partition coefficient (Wildman–Crippen LogP) is 3.00. The second kappa shape index (κ2) is 8.04. The lowest BCUT2D eigenvalue weighted by atomic mass is 9.97. The second-order valence-corrected chi connectivity index (χ2v) is 7.43. The van der Waals surface area contributed by atoms with Crippen LogP contribution in [-0.2, 0) is 17.9 Å². The number of aryl methyl sites for hydroxylation is 1. The molecule has 1 aromatic carbocycles. The number of amides is 1. The highest BCUT2D eigenvalue weighted by atomic mass is 16.4. The number of imidazole rings is 1. The fourth-order valence-corrected chi connectivity index (χ4v) is 4.01. The number of piperidine rings is 1. The average molecular weight is 382 g/mol. The monoisotopic (exact) mass is 382 g/mol. The first kappa shape index (κ1) is 18.5. The van der Waals surface area contributed by atoms with Crippen LogP contribution in [0, 0.1) is 0 Å². The molecule has 4 rings (SSSR count). The van der Waals surface area contributed by atoms with Gasteiger partial charge in [0.1, 0.15) is 12.4 Å². The summed E-state index contributed by atoms with van der Waals surface area (Å²) >= 11 is 0. The normalized spacial score (nSPS) is 17.3. The van der Waals surface area contributed by atoms with Crippen molar-refractivity contribution >= 4 is 17.0 Å². The highest BCUT2D eigenvalue weighted by Crippen LogP contribution is 2.26. The molecule has 28 heavy (non-hydrogen) atoms. The molecule has 0 bridgehead atoms. The first-order chi connectivity index (χ1) is 13.7. The number of rotatable bonds is 6. The zero-order valence-electron chi connectivity index (χ0n) is 16.2. The molecule has 1 amide bonds. The molecule has 0 N–H and O–H groups in total. The third kappa shape index (κ3) is 3.61. The van der Waals surface area contributed by atoms with E-state index in [1.54, 1.807) is 12.1 Å². The van der Waals surface area contributed by atoms with Gasteiger partial charge in [0.25, 0.3) is 0 Å². The smallest absolute Gasteiger partial charge is 0.408 e. The zero-order chi connectivity index (χ0) is 19.5. The summed E-state index contributed by atoms with van der Waals surface area (Å²) in [5, 5.41) is 0. The third-order valence-electron chi connectivity index (χ3n) is 5.51. The molecule has 7 nitrogen and oxygen atoms in total. The van der Waals surface area contributed by atoms with E-state index in [0.717, 1.165) is 44.6 Å². The van der Waals surface area contributed by atoms with E-state index in [0.29, 0.717) is 17.6 Å². The van der Waals surface area contributed by atoms with E-state index >= 15 is 0 Å². The topological polar surface area (TPSA) is 73.3 Å². The Kier molecular flexibility index (Phi) is 5.32. The minimum absolute atomic E-state index is 0.00679. The number of benzene rings is 1. The fourth-order valence-electron chi connectivity index (χ4n) is 4.01. The molecule has 1 atom stereocenters. The molecular formula is C21H26N4O3. The van der Waals surface area contributed by atoms with Gasteiger partial charge < -0.3 is 13.9 Å². The molecule has 0 radical (unpaired) electrons. The first-order valence-electron chi connectivity index (χ1n) is 10.0. The lowest BCUT2D eigenvalue weighted by Gasteiger charge is -2.32. The van der Waals surface area contributed by atoms with Crippen molar-refractivity contribution in [3.05, 3.63) is 53.0 Å². The SMILES string of the molecule is CCCCn1ccnc1C1CCCN(C(=O)Cn2c(=O)oc3ccccc32)C1. The van der Waals surface area contributed by atoms with E-state index in [9.17, 15) is 9.59 Å². The molecule has 0 saturated carbocycles. The second-order valence-electron chi connectivity index (χ2n) is 7.43. The van der Waals surface area contributed by atoms with Crippen molar-refractivity contribution in [2.45, 2.75) is 51.6 Å². The molecule has 1 saturated heterocycles. The highest BCUT2D eigenvalue weighted by Gasteiger charge is 2.28. The van der Waals surface area contributed by atoms with Crippen LogP contribution in [0.15, 0.2) is 45.9 Å². The number of carbonyl (C=O) groups is 1. The van der Waals surface area contributed by atoms with Crippen molar-refractivity contribution in [3.8, 4) is 0 Å². The lowest BCUT2D eigenvalue weighted by molar-refractivity contribution is -0.133. The molecule has 0 aliphatic carbocycles. The van der Waals surface area contributed by atoms with Crippen molar-refractivity contribution in [1.29, 1.82) is 0 Å². The van der Waals surface area contributed by atoms with E-state index in [1.807, 2.05) is 29.4 Å². The maximum Gasteiger partial charge on any atom is 0.420 e. The van der Waals surface area contributed by atoms with Gasteiger partial charge >= 0.3 is 5.76 Å². The van der Waals surface area contributed by atoms with Crippen LogP contribution in [0.5, 0.6) is 0 Å². The molecular weight excluding hydrogens is 356 g/mol. The Hall–Kier alpha value is -2.83. The van der Waals surface area contributed by atoms with Gasteiger partial charge in [-0.1, -0.05) is 25.5 Å². The summed E-state index contributed by atoms with van der Waals surface area (Å²) in [5.41, 5.74) is 1.17. The molecule has 3 aromatic rings. The van der Waals surface area contributed by atoms with Crippen LogP contribution in [0.25, 0.3) is 11.1 Å². The molecule has 0 spiro atoms. The average Bonchev–Trinajstić information content (AvgIpc) is 3.31. The maximum absolute atomic E-state index is 12.9. The van der Waals surface area contributed by atoms with E-state index in [1.165, 1.54) is 4.57 Å². The van der Waals surface area contributed by atoms with E-state index in [4.69, 9.17) is 4.42 Å². The Labute approximate surface area is 163 Å². The summed E-state index contributed by atoms with van der Waals surface area (Å²) in [7, 11) is 0. The minimum atomic E-state index is -0.488. The lowest BCUT2D eigenvalue weighted by Crippen LogP contribution is -2.42. The summed E-state index contributed by atoms with van der Waals surface area (Å²) in [5.74, 6) is 0.766. The van der Waals surface area contributed by atoms with E-state index in [-0.39, 0.29) is 18.4 Å². The van der Waals surface area contributed by atoms with Gasteiger partial charge in [0.05, 0.1) is 5.52 Å². The van der Waals surface area contributed by atoms with Crippen LogP contribution in [-0.4, -0.2) is 38.0 Å². The van der Waals surface area contributed by atoms with Gasteiger partial charge in [-0.05, 0) is 31.4 Å². The number of aromatic nitrogens is 3. The molecule has 3 heterocycles. The standard InChI is InChI=1S/C21H26N4O3/c1-2-3-11-23-13-10-22-20(23)16-7-6-12-24(14-16)19(26)15-25-17-8-4-5-9-18(17)28-21(25)27/h4-5,8-10,13,16H,2-3,6-7,11-12,14-15H2,1H3. The fraction of sp³-hybridized carbons (Fsp3) is 0.476. The third-order valence-corrected chi connectivity index (χ3v) is 5.51. The maximum atomic E-state index is 12.9. The van der Waals surface area contributed by atoms with Crippen LogP contribution in [0.3, 0.4) is 0 Å². The molecule has 1 aliphatic heterocycles.